The lowest BCUT2D eigenvalue weighted by Crippen LogP contribution is -2.34. The summed E-state index contributed by atoms with van der Waals surface area (Å²) in [5.74, 6) is -0.872. The second kappa shape index (κ2) is 4.93. The van der Waals surface area contributed by atoms with Crippen LogP contribution < -0.4 is 5.32 Å². The highest BCUT2D eigenvalue weighted by atomic mass is 16.4. The Morgan fingerprint density at radius 1 is 1.73 bits per heavy atom. The molecule has 0 aliphatic rings. The first-order chi connectivity index (χ1) is 7.04. The molecular weight excluding hydrogens is 194 g/mol. The molecule has 2 N–H and O–H groups in total. The van der Waals surface area contributed by atoms with Gasteiger partial charge in [-0.05, 0) is 13.3 Å². The van der Waals surface area contributed by atoms with Crippen molar-refractivity contribution in [2.75, 3.05) is 0 Å². The first-order valence-corrected chi connectivity index (χ1v) is 5.02. The molecule has 15 heavy (non-hydrogen) atoms. The van der Waals surface area contributed by atoms with Gasteiger partial charge in [-0.15, -0.1) is 0 Å². The smallest absolute Gasteiger partial charge is 0.325 e. The molecule has 0 aliphatic heterocycles. The van der Waals surface area contributed by atoms with Crippen LogP contribution in [0.4, 0.5) is 0 Å². The third kappa shape index (κ3) is 3.06. The van der Waals surface area contributed by atoms with Gasteiger partial charge in [-0.3, -0.25) is 14.8 Å². The van der Waals surface area contributed by atoms with Crippen molar-refractivity contribution in [1.82, 2.24) is 15.1 Å². The molecule has 1 rings (SSSR count). The molecule has 0 aromatic carbocycles. The zero-order valence-electron chi connectivity index (χ0n) is 9.27. The van der Waals surface area contributed by atoms with Crippen LogP contribution >= 0.6 is 0 Å². The van der Waals surface area contributed by atoms with Gasteiger partial charge in [0.1, 0.15) is 6.04 Å². The Morgan fingerprint density at radius 2 is 2.40 bits per heavy atom. The minimum Gasteiger partial charge on any atom is -0.480 e. The van der Waals surface area contributed by atoms with Gasteiger partial charge in [0.15, 0.2) is 0 Å². The van der Waals surface area contributed by atoms with Crippen LogP contribution in [0.5, 0.6) is 0 Å². The fourth-order valence-electron chi connectivity index (χ4n) is 1.30. The Kier molecular flexibility index (Phi) is 3.85. The topological polar surface area (TPSA) is 67.2 Å². The molecule has 0 bridgehead atoms. The highest BCUT2D eigenvalue weighted by molar-refractivity contribution is 5.75. The van der Waals surface area contributed by atoms with Crippen LogP contribution in [0.1, 0.15) is 31.9 Å². The van der Waals surface area contributed by atoms with Crippen LogP contribution in [-0.2, 0) is 11.8 Å². The lowest BCUT2D eigenvalue weighted by Gasteiger charge is -2.17. The van der Waals surface area contributed by atoms with Crippen molar-refractivity contribution >= 4 is 5.97 Å². The van der Waals surface area contributed by atoms with Gasteiger partial charge in [-0.2, -0.15) is 5.10 Å². The average Bonchev–Trinajstić information content (AvgIpc) is 2.60. The maximum atomic E-state index is 11.1. The minimum absolute atomic E-state index is 0.173. The Morgan fingerprint density at radius 3 is 2.80 bits per heavy atom. The predicted octanol–water partition coefficient (Wildman–Crippen LogP) is 0.934. The maximum Gasteiger partial charge on any atom is 0.325 e. The van der Waals surface area contributed by atoms with Crippen molar-refractivity contribution in [2.24, 2.45) is 7.05 Å². The number of aliphatic carboxylic acids is 1. The molecule has 1 aromatic rings. The summed E-state index contributed by atoms with van der Waals surface area (Å²) in [6, 6.07) is -0.500. The highest BCUT2D eigenvalue weighted by Crippen LogP contribution is 2.13. The van der Waals surface area contributed by atoms with Gasteiger partial charge in [-0.25, -0.2) is 0 Å². The fourth-order valence-corrected chi connectivity index (χ4v) is 1.30. The van der Waals surface area contributed by atoms with Crippen LogP contribution in [-0.4, -0.2) is 26.9 Å². The van der Waals surface area contributed by atoms with Crippen molar-refractivity contribution in [3.8, 4) is 0 Å². The Bertz CT molecular complexity index is 335. The van der Waals surface area contributed by atoms with Gasteiger partial charge in [0.05, 0.1) is 6.20 Å². The van der Waals surface area contributed by atoms with E-state index in [1.54, 1.807) is 24.1 Å². The van der Waals surface area contributed by atoms with Crippen LogP contribution in [0.2, 0.25) is 0 Å². The van der Waals surface area contributed by atoms with Crippen molar-refractivity contribution < 1.29 is 9.90 Å². The van der Waals surface area contributed by atoms with E-state index in [4.69, 9.17) is 5.11 Å². The van der Waals surface area contributed by atoms with Gasteiger partial charge in [0.25, 0.3) is 0 Å². The summed E-state index contributed by atoms with van der Waals surface area (Å²) in [7, 11) is 1.77. The van der Waals surface area contributed by atoms with E-state index in [-0.39, 0.29) is 6.04 Å². The Labute approximate surface area is 89.1 Å². The molecule has 0 saturated carbocycles. The summed E-state index contributed by atoms with van der Waals surface area (Å²) in [4.78, 5) is 11.1. The van der Waals surface area contributed by atoms with Gasteiger partial charge >= 0.3 is 5.97 Å². The van der Waals surface area contributed by atoms with Crippen molar-refractivity contribution in [3.05, 3.63) is 18.0 Å². The number of aromatic nitrogens is 2. The van der Waals surface area contributed by atoms with Crippen LogP contribution in [0, 0.1) is 0 Å². The fraction of sp³-hybridized carbons (Fsp3) is 0.600. The van der Waals surface area contributed by atoms with Crippen molar-refractivity contribution in [3.63, 3.8) is 0 Å². The third-order valence-corrected chi connectivity index (χ3v) is 2.37. The summed E-state index contributed by atoms with van der Waals surface area (Å²) in [6.45, 7) is 3.98. The molecule has 0 spiro atoms. The quantitative estimate of drug-likeness (QED) is 0.760. The van der Waals surface area contributed by atoms with E-state index in [1.807, 2.05) is 13.8 Å². The lowest BCUT2D eigenvalue weighted by atomic mass is 10.1. The SMILES string of the molecule is CCC(C)NC(C(=O)O)c1cnn(C)c1. The first kappa shape index (κ1) is 11.7. The largest absolute Gasteiger partial charge is 0.480 e. The number of nitrogens with zero attached hydrogens (tertiary/aromatic N) is 2. The second-order valence-corrected chi connectivity index (χ2v) is 3.69. The molecule has 5 nitrogen and oxygen atoms in total. The average molecular weight is 211 g/mol. The van der Waals surface area contributed by atoms with E-state index >= 15 is 0 Å². The van der Waals surface area contributed by atoms with E-state index in [2.05, 4.69) is 10.4 Å². The standard InChI is InChI=1S/C10H17N3O2/c1-4-7(2)12-9(10(14)15)8-5-11-13(3)6-8/h5-7,9,12H,4H2,1-3H3,(H,14,15). The molecule has 0 radical (unpaired) electrons. The molecule has 0 saturated heterocycles. The first-order valence-electron chi connectivity index (χ1n) is 5.02. The van der Waals surface area contributed by atoms with E-state index in [1.165, 1.54) is 0 Å². The number of rotatable bonds is 5. The van der Waals surface area contributed by atoms with Gasteiger partial charge in [0.2, 0.25) is 0 Å². The lowest BCUT2D eigenvalue weighted by molar-refractivity contribution is -0.139. The summed E-state index contributed by atoms with van der Waals surface area (Å²) in [6.07, 6.45) is 4.19. The van der Waals surface area contributed by atoms with Gasteiger partial charge in [-0.1, -0.05) is 6.92 Å². The number of carboxylic acids is 1. The zero-order chi connectivity index (χ0) is 11.4. The summed E-state index contributed by atoms with van der Waals surface area (Å²) in [5, 5.41) is 16.1. The molecule has 2 unspecified atom stereocenters. The van der Waals surface area contributed by atoms with E-state index in [0.717, 1.165) is 6.42 Å². The van der Waals surface area contributed by atoms with Crippen molar-refractivity contribution in [1.29, 1.82) is 0 Å². The summed E-state index contributed by atoms with van der Waals surface area (Å²) >= 11 is 0. The number of aryl methyl sites for hydroxylation is 1. The maximum absolute atomic E-state index is 11.1. The molecule has 0 fully saturated rings. The number of carboxylic acid groups (broad SMARTS) is 1. The highest BCUT2D eigenvalue weighted by Gasteiger charge is 2.22. The molecule has 0 aliphatic carbocycles. The molecule has 5 heteroatoms. The number of hydrogen-bond donors (Lipinski definition) is 2. The number of hydrogen-bond acceptors (Lipinski definition) is 3. The van der Waals surface area contributed by atoms with E-state index < -0.39 is 12.0 Å². The van der Waals surface area contributed by atoms with Crippen LogP contribution in [0.15, 0.2) is 12.4 Å². The Balaban J connectivity index is 2.79. The third-order valence-electron chi connectivity index (χ3n) is 2.37. The second-order valence-electron chi connectivity index (χ2n) is 3.69. The van der Waals surface area contributed by atoms with Gasteiger partial charge < -0.3 is 5.11 Å². The molecule has 84 valence electrons. The monoisotopic (exact) mass is 211 g/mol. The summed E-state index contributed by atoms with van der Waals surface area (Å²) in [5.41, 5.74) is 0.685. The molecule has 2 atom stereocenters. The van der Waals surface area contributed by atoms with Crippen LogP contribution in [0.3, 0.4) is 0 Å². The number of carbonyl (C=O) groups is 1. The predicted molar refractivity (Wildman–Crippen MR) is 56.5 cm³/mol. The zero-order valence-corrected chi connectivity index (χ0v) is 9.27. The minimum atomic E-state index is -0.872. The Hall–Kier alpha value is -1.36. The molecule has 1 aromatic heterocycles. The molecule has 0 amide bonds. The molecular formula is C10H17N3O2. The summed E-state index contributed by atoms with van der Waals surface area (Å²) < 4.78 is 1.60. The molecule has 1 heterocycles. The van der Waals surface area contributed by atoms with E-state index in [9.17, 15) is 4.79 Å². The van der Waals surface area contributed by atoms with Gasteiger partial charge in [0, 0.05) is 24.8 Å². The van der Waals surface area contributed by atoms with E-state index in [0.29, 0.717) is 5.56 Å². The normalized spacial score (nSPS) is 14.9. The number of nitrogens with one attached hydrogen (secondary N) is 1. The van der Waals surface area contributed by atoms with Crippen molar-refractivity contribution in [2.45, 2.75) is 32.4 Å². The van der Waals surface area contributed by atoms with Crippen LogP contribution in [0.25, 0.3) is 0 Å².